The molecule has 25 heavy (non-hydrogen) atoms. The molecule has 1 aliphatic carbocycles. The fraction of sp³-hybridized carbons (Fsp3) is 0.368. The van der Waals surface area contributed by atoms with Gasteiger partial charge in [-0.05, 0) is 48.2 Å². The molecule has 1 aliphatic heterocycles. The Morgan fingerprint density at radius 1 is 1.20 bits per heavy atom. The molecule has 1 aromatic carbocycles. The molecule has 0 atom stereocenters. The van der Waals surface area contributed by atoms with E-state index in [0.29, 0.717) is 13.1 Å². The lowest BCUT2D eigenvalue weighted by Gasteiger charge is -2.21. The lowest BCUT2D eigenvalue weighted by Crippen LogP contribution is -2.40. The van der Waals surface area contributed by atoms with Crippen LogP contribution in [0.5, 0.6) is 11.5 Å². The molecule has 0 spiro atoms. The summed E-state index contributed by atoms with van der Waals surface area (Å²) in [7, 11) is 1.80. The normalized spacial score (nSPS) is 16.4. The van der Waals surface area contributed by atoms with Crippen molar-refractivity contribution >= 4 is 6.03 Å². The molecular formula is C19H21N3O3. The third kappa shape index (κ3) is 3.24. The molecule has 1 fully saturated rings. The van der Waals surface area contributed by atoms with Gasteiger partial charge in [-0.25, -0.2) is 4.79 Å². The standard InChI is InChI=1S/C19H21N3O3/c1-22(11-14-4-8-20-9-5-14)18(23)21-12-19(6-7-19)15-2-3-16-17(10-15)25-13-24-16/h2-5,8-10H,6-7,11-13H2,1H3,(H,21,23). The Morgan fingerprint density at radius 2 is 1.96 bits per heavy atom. The molecule has 0 radical (unpaired) electrons. The maximum atomic E-state index is 12.4. The fourth-order valence-corrected chi connectivity index (χ4v) is 3.16. The van der Waals surface area contributed by atoms with E-state index in [4.69, 9.17) is 9.47 Å². The molecule has 6 nitrogen and oxygen atoms in total. The Kier molecular flexibility index (Phi) is 3.95. The van der Waals surface area contributed by atoms with Gasteiger partial charge in [-0.3, -0.25) is 4.98 Å². The predicted molar refractivity (Wildman–Crippen MR) is 92.6 cm³/mol. The molecule has 1 saturated carbocycles. The quantitative estimate of drug-likeness (QED) is 0.910. The highest BCUT2D eigenvalue weighted by Crippen LogP contribution is 2.49. The summed E-state index contributed by atoms with van der Waals surface area (Å²) in [5.74, 6) is 1.59. The lowest BCUT2D eigenvalue weighted by atomic mass is 9.95. The molecule has 1 N–H and O–H groups in total. The zero-order chi connectivity index (χ0) is 17.3. The van der Waals surface area contributed by atoms with Crippen LogP contribution < -0.4 is 14.8 Å². The number of fused-ring (bicyclic) bond motifs is 1. The van der Waals surface area contributed by atoms with Gasteiger partial charge in [-0.15, -0.1) is 0 Å². The van der Waals surface area contributed by atoms with Crippen LogP contribution in [0.1, 0.15) is 24.0 Å². The van der Waals surface area contributed by atoms with Crippen LogP contribution in [0.15, 0.2) is 42.7 Å². The molecule has 0 bridgehead atoms. The van der Waals surface area contributed by atoms with E-state index in [-0.39, 0.29) is 18.2 Å². The SMILES string of the molecule is CN(Cc1ccncc1)C(=O)NCC1(c2ccc3c(c2)OCO3)CC1. The van der Waals surface area contributed by atoms with Gasteiger partial charge in [0.25, 0.3) is 0 Å². The van der Waals surface area contributed by atoms with Crippen LogP contribution in [0, 0.1) is 0 Å². The van der Waals surface area contributed by atoms with Crippen molar-refractivity contribution in [2.75, 3.05) is 20.4 Å². The maximum absolute atomic E-state index is 12.4. The maximum Gasteiger partial charge on any atom is 0.317 e. The van der Waals surface area contributed by atoms with Gasteiger partial charge in [0, 0.05) is 37.9 Å². The summed E-state index contributed by atoms with van der Waals surface area (Å²) in [6, 6.07) is 9.84. The number of carbonyl (C=O) groups is 1. The molecule has 6 heteroatoms. The molecule has 2 amide bonds. The van der Waals surface area contributed by atoms with Crippen molar-refractivity contribution in [2.45, 2.75) is 24.8 Å². The minimum Gasteiger partial charge on any atom is -0.454 e. The number of nitrogens with one attached hydrogen (secondary N) is 1. The van der Waals surface area contributed by atoms with Crippen molar-refractivity contribution in [1.82, 2.24) is 15.2 Å². The van der Waals surface area contributed by atoms with Crippen molar-refractivity contribution in [3.8, 4) is 11.5 Å². The second kappa shape index (κ2) is 6.27. The monoisotopic (exact) mass is 339 g/mol. The number of benzene rings is 1. The highest BCUT2D eigenvalue weighted by Gasteiger charge is 2.45. The predicted octanol–water partition coefficient (Wildman–Crippen LogP) is 2.68. The van der Waals surface area contributed by atoms with Gasteiger partial charge in [-0.1, -0.05) is 6.07 Å². The minimum absolute atomic E-state index is 0.0220. The first-order valence-corrected chi connectivity index (χ1v) is 8.44. The van der Waals surface area contributed by atoms with Crippen molar-refractivity contribution in [1.29, 1.82) is 0 Å². The first kappa shape index (κ1) is 15.7. The number of nitrogens with zero attached hydrogens (tertiary/aromatic N) is 2. The molecule has 130 valence electrons. The molecule has 2 aliphatic rings. The number of hydrogen-bond acceptors (Lipinski definition) is 4. The summed E-state index contributed by atoms with van der Waals surface area (Å²) >= 11 is 0. The molecular weight excluding hydrogens is 318 g/mol. The van der Waals surface area contributed by atoms with Crippen LogP contribution in [-0.4, -0.2) is 36.3 Å². The average Bonchev–Trinajstić information content (AvgIpc) is 3.29. The Hall–Kier alpha value is -2.76. The van der Waals surface area contributed by atoms with E-state index in [2.05, 4.69) is 16.4 Å². The van der Waals surface area contributed by atoms with E-state index in [1.165, 1.54) is 5.56 Å². The van der Waals surface area contributed by atoms with Crippen molar-refractivity contribution in [3.05, 3.63) is 53.9 Å². The lowest BCUT2D eigenvalue weighted by molar-refractivity contribution is 0.174. The van der Waals surface area contributed by atoms with Crippen LogP contribution in [-0.2, 0) is 12.0 Å². The van der Waals surface area contributed by atoms with Gasteiger partial charge < -0.3 is 19.7 Å². The van der Waals surface area contributed by atoms with Crippen LogP contribution in [0.2, 0.25) is 0 Å². The van der Waals surface area contributed by atoms with Crippen molar-refractivity contribution < 1.29 is 14.3 Å². The van der Waals surface area contributed by atoms with Gasteiger partial charge in [0.1, 0.15) is 0 Å². The Bertz CT molecular complexity index is 775. The second-order valence-corrected chi connectivity index (χ2v) is 6.72. The number of carbonyl (C=O) groups excluding carboxylic acids is 1. The Balaban J connectivity index is 1.36. The summed E-state index contributed by atoms with van der Waals surface area (Å²) < 4.78 is 10.8. The first-order chi connectivity index (χ1) is 12.2. The van der Waals surface area contributed by atoms with Crippen LogP contribution in [0.4, 0.5) is 4.79 Å². The number of urea groups is 1. The average molecular weight is 339 g/mol. The zero-order valence-electron chi connectivity index (χ0n) is 14.2. The van der Waals surface area contributed by atoms with E-state index in [9.17, 15) is 4.79 Å². The Morgan fingerprint density at radius 3 is 2.72 bits per heavy atom. The molecule has 2 aromatic rings. The number of pyridine rings is 1. The van der Waals surface area contributed by atoms with E-state index in [1.54, 1.807) is 24.3 Å². The van der Waals surface area contributed by atoms with E-state index in [0.717, 1.165) is 29.9 Å². The van der Waals surface area contributed by atoms with Crippen LogP contribution >= 0.6 is 0 Å². The summed E-state index contributed by atoms with van der Waals surface area (Å²) in [6.45, 7) is 1.47. The summed E-state index contributed by atoms with van der Waals surface area (Å²) in [5.41, 5.74) is 2.28. The van der Waals surface area contributed by atoms with Crippen LogP contribution in [0.25, 0.3) is 0 Å². The van der Waals surface area contributed by atoms with Gasteiger partial charge in [0.05, 0.1) is 0 Å². The summed E-state index contributed by atoms with van der Waals surface area (Å²) in [6.07, 6.45) is 5.61. The van der Waals surface area contributed by atoms with Gasteiger partial charge in [0.2, 0.25) is 6.79 Å². The third-order valence-electron chi connectivity index (χ3n) is 4.93. The van der Waals surface area contributed by atoms with Crippen molar-refractivity contribution in [2.24, 2.45) is 0 Å². The number of rotatable bonds is 5. The third-order valence-corrected chi connectivity index (χ3v) is 4.93. The van der Waals surface area contributed by atoms with Crippen LogP contribution in [0.3, 0.4) is 0 Å². The molecule has 0 unspecified atom stereocenters. The second-order valence-electron chi connectivity index (χ2n) is 6.72. The summed E-state index contributed by atoms with van der Waals surface area (Å²) in [4.78, 5) is 18.1. The van der Waals surface area contributed by atoms with E-state index < -0.39 is 0 Å². The fourth-order valence-electron chi connectivity index (χ4n) is 3.16. The van der Waals surface area contributed by atoms with Crippen molar-refractivity contribution in [3.63, 3.8) is 0 Å². The number of hydrogen-bond donors (Lipinski definition) is 1. The molecule has 4 rings (SSSR count). The van der Waals surface area contributed by atoms with E-state index >= 15 is 0 Å². The highest BCUT2D eigenvalue weighted by atomic mass is 16.7. The van der Waals surface area contributed by atoms with Gasteiger partial charge in [-0.2, -0.15) is 0 Å². The zero-order valence-corrected chi connectivity index (χ0v) is 14.2. The molecule has 2 heterocycles. The number of ether oxygens (including phenoxy) is 2. The van der Waals surface area contributed by atoms with Gasteiger partial charge >= 0.3 is 6.03 Å². The summed E-state index contributed by atoms with van der Waals surface area (Å²) in [5, 5.41) is 3.07. The molecule has 1 aromatic heterocycles. The topological polar surface area (TPSA) is 63.7 Å². The molecule has 0 saturated heterocycles. The number of amides is 2. The Labute approximate surface area is 146 Å². The smallest absolute Gasteiger partial charge is 0.317 e. The minimum atomic E-state index is -0.0659. The largest absolute Gasteiger partial charge is 0.454 e. The highest BCUT2D eigenvalue weighted by molar-refractivity contribution is 5.74. The number of aromatic nitrogens is 1. The first-order valence-electron chi connectivity index (χ1n) is 8.44. The van der Waals surface area contributed by atoms with Gasteiger partial charge in [0.15, 0.2) is 11.5 Å². The van der Waals surface area contributed by atoms with E-state index in [1.807, 2.05) is 24.3 Å².